The Morgan fingerprint density at radius 1 is 0.297 bits per heavy atom. The van der Waals surface area contributed by atoms with E-state index in [1.807, 2.05) is 0 Å². The first-order chi connectivity index (χ1) is 15.0. The monoisotopic (exact) mass is 613 g/mol. The van der Waals surface area contributed by atoms with Crippen LogP contribution >= 0.6 is 0 Å². The number of nitrogens with one attached hydrogen (secondary N) is 6. The van der Waals surface area contributed by atoms with E-state index in [4.69, 9.17) is 0 Å². The van der Waals surface area contributed by atoms with Crippen molar-refractivity contribution in [2.45, 2.75) is 0 Å². The summed E-state index contributed by atoms with van der Waals surface area (Å²) in [5, 5.41) is 0. The Hall–Kier alpha value is -3.80. The molecular weight excluding hydrogens is 583 g/mol. The van der Waals surface area contributed by atoms with Crippen LogP contribution in [0.3, 0.4) is 0 Å². The number of halogens is 2. The number of aromatic amines is 6. The van der Waals surface area contributed by atoms with Gasteiger partial charge in [0.05, 0.1) is 38.0 Å². The van der Waals surface area contributed by atoms with Gasteiger partial charge in [0.15, 0.2) is 0 Å². The van der Waals surface area contributed by atoms with Crippen molar-refractivity contribution in [3.05, 3.63) is 112 Å². The van der Waals surface area contributed by atoms with E-state index in [9.17, 15) is 0 Å². The molecule has 0 aromatic carbocycles. The fraction of sp³-hybridized carbons (Fsp3) is 0. The van der Waals surface area contributed by atoms with Crippen LogP contribution in [0.4, 0.5) is 0 Å². The molecule has 6 rings (SSSR count). The number of H-pyrrole nitrogens is 6. The maximum absolute atomic E-state index is 3.67. The van der Waals surface area contributed by atoms with E-state index in [-0.39, 0.29) is 63.8 Å². The van der Waals surface area contributed by atoms with Gasteiger partial charge in [-0.25, -0.2) is 29.9 Å². The van der Waals surface area contributed by atoms with Gasteiger partial charge in [0.25, 0.3) is 0 Å². The second-order valence-electron chi connectivity index (χ2n) is 4.56. The SMILES string of the molecule is O.O.O.O.[Cl-].[Cl-].[Cu+2].c1c[nH]cn1.c1c[nH]cn1.c1c[nH]cn1.c1c[nH]cn1.c1c[nH]cn1.c1c[nH]cn1. The average Bonchev–Trinajstić information content (AvgIpc) is 3.69. The third-order valence-corrected chi connectivity index (χ3v) is 2.44. The summed E-state index contributed by atoms with van der Waals surface area (Å²) in [4.78, 5) is 38.5. The van der Waals surface area contributed by atoms with E-state index >= 15 is 0 Å². The molecule has 213 valence electrons. The van der Waals surface area contributed by atoms with Crippen molar-refractivity contribution in [1.82, 2.24) is 59.8 Å². The summed E-state index contributed by atoms with van der Waals surface area (Å²) in [5.74, 6) is 0. The van der Waals surface area contributed by atoms with Crippen molar-refractivity contribution in [1.29, 1.82) is 0 Å². The third-order valence-electron chi connectivity index (χ3n) is 2.44. The standard InChI is InChI=1S/6C3H4N2.2ClH.Cu.4H2O/c6*1-2-5-3-4-1;;;;;;;/h6*1-3H,(H,4,5);2*1H;;4*1H2/q;;;;;;;;+2;;;;/p-2. The first-order valence-corrected chi connectivity index (χ1v) is 8.56. The number of hydrogen-bond donors (Lipinski definition) is 6. The predicted molar refractivity (Wildman–Crippen MR) is 126 cm³/mol. The first-order valence-electron chi connectivity index (χ1n) is 8.56. The summed E-state index contributed by atoms with van der Waals surface area (Å²) in [7, 11) is 0. The van der Waals surface area contributed by atoms with Gasteiger partial charge in [-0.1, -0.05) is 0 Å². The maximum Gasteiger partial charge on any atom is 2.00 e. The normalized spacial score (nSPS) is 6.49. The Balaban J connectivity index is -0.0000000562. The Morgan fingerprint density at radius 3 is 0.459 bits per heavy atom. The molecule has 0 aliphatic heterocycles. The van der Waals surface area contributed by atoms with Crippen LogP contribution in [0.2, 0.25) is 0 Å². The van der Waals surface area contributed by atoms with Crippen LogP contribution in [0, 0.1) is 0 Å². The summed E-state index contributed by atoms with van der Waals surface area (Å²) in [6.45, 7) is 0. The van der Waals surface area contributed by atoms with E-state index in [2.05, 4.69) is 59.8 Å². The minimum atomic E-state index is 0. The van der Waals surface area contributed by atoms with Gasteiger partial charge in [-0.2, -0.15) is 0 Å². The molecule has 0 bridgehead atoms. The van der Waals surface area contributed by atoms with E-state index in [1.165, 1.54) is 0 Å². The van der Waals surface area contributed by atoms with Crippen molar-refractivity contribution < 1.29 is 63.8 Å². The van der Waals surface area contributed by atoms with Gasteiger partial charge < -0.3 is 76.6 Å². The summed E-state index contributed by atoms with van der Waals surface area (Å²) in [6.07, 6.45) is 30.5. The van der Waals surface area contributed by atoms with Gasteiger partial charge in [-0.15, -0.1) is 0 Å². The van der Waals surface area contributed by atoms with Crippen molar-refractivity contribution in [2.24, 2.45) is 0 Å². The molecule has 0 unspecified atom stereocenters. The number of hydrogen-bond acceptors (Lipinski definition) is 6. The largest absolute Gasteiger partial charge is 2.00 e. The van der Waals surface area contributed by atoms with Crippen molar-refractivity contribution in [3.63, 3.8) is 0 Å². The molecule has 6 aromatic rings. The Labute approximate surface area is 235 Å². The van der Waals surface area contributed by atoms with Crippen LogP contribution in [0.25, 0.3) is 0 Å². The zero-order valence-electron chi connectivity index (χ0n) is 19.1. The molecule has 19 heteroatoms. The Kier molecular flexibility index (Phi) is 61.9. The second kappa shape index (κ2) is 45.7. The first kappa shape index (κ1) is 50.1. The number of rotatable bonds is 0. The number of aromatic nitrogens is 12. The van der Waals surface area contributed by atoms with Crippen LogP contribution < -0.4 is 24.8 Å². The van der Waals surface area contributed by atoms with Crippen LogP contribution in [-0.4, -0.2) is 81.7 Å². The molecule has 6 heterocycles. The van der Waals surface area contributed by atoms with Gasteiger partial charge in [0, 0.05) is 74.4 Å². The summed E-state index contributed by atoms with van der Waals surface area (Å²) < 4.78 is 0. The van der Waals surface area contributed by atoms with E-state index in [0.29, 0.717) is 0 Å². The molecule has 0 saturated heterocycles. The molecule has 1 radical (unpaired) electrons. The zero-order valence-corrected chi connectivity index (χ0v) is 21.6. The minimum Gasteiger partial charge on any atom is -1.00 e. The molecule has 0 aliphatic rings. The van der Waals surface area contributed by atoms with Gasteiger partial charge in [0.2, 0.25) is 0 Å². The molecule has 0 atom stereocenters. The molecule has 0 amide bonds. The fourth-order valence-corrected chi connectivity index (χ4v) is 1.29. The molecule has 0 fully saturated rings. The third kappa shape index (κ3) is 42.8. The van der Waals surface area contributed by atoms with Crippen LogP contribution in [0.1, 0.15) is 0 Å². The average molecular weight is 615 g/mol. The summed E-state index contributed by atoms with van der Waals surface area (Å²) in [5.41, 5.74) is 0. The topological polar surface area (TPSA) is 298 Å². The Bertz CT molecular complexity index is 607. The fourth-order valence-electron chi connectivity index (χ4n) is 1.29. The minimum absolute atomic E-state index is 0. The molecule has 0 saturated carbocycles. The van der Waals surface area contributed by atoms with E-state index in [0.717, 1.165) is 0 Å². The number of nitrogens with zero attached hydrogens (tertiary/aromatic N) is 6. The van der Waals surface area contributed by atoms with Gasteiger partial charge in [-0.05, 0) is 0 Å². The molecule has 0 aliphatic carbocycles. The molecule has 0 spiro atoms. The molecule has 6 aromatic heterocycles. The summed E-state index contributed by atoms with van der Waals surface area (Å²) >= 11 is 0. The number of imidazole rings is 6. The van der Waals surface area contributed by atoms with Crippen LogP contribution in [-0.2, 0) is 17.1 Å². The zero-order chi connectivity index (χ0) is 21.2. The predicted octanol–water partition coefficient (Wildman–Crippen LogP) is -6.84. The molecule has 14 N–H and O–H groups in total. The summed E-state index contributed by atoms with van der Waals surface area (Å²) in [6, 6.07) is 0. The van der Waals surface area contributed by atoms with E-state index < -0.39 is 0 Å². The van der Waals surface area contributed by atoms with Crippen molar-refractivity contribution in [2.75, 3.05) is 0 Å². The molecule has 37 heavy (non-hydrogen) atoms. The quantitative estimate of drug-likeness (QED) is 0.0902. The van der Waals surface area contributed by atoms with E-state index in [1.54, 1.807) is 112 Å². The van der Waals surface area contributed by atoms with Gasteiger partial charge in [-0.3, -0.25) is 0 Å². The second-order valence-corrected chi connectivity index (χ2v) is 4.56. The maximum atomic E-state index is 3.67. The Morgan fingerprint density at radius 2 is 0.432 bits per heavy atom. The van der Waals surface area contributed by atoms with Crippen LogP contribution in [0.15, 0.2) is 112 Å². The van der Waals surface area contributed by atoms with Crippen molar-refractivity contribution in [3.8, 4) is 0 Å². The van der Waals surface area contributed by atoms with Gasteiger partial charge in [0.1, 0.15) is 0 Å². The van der Waals surface area contributed by atoms with Gasteiger partial charge >= 0.3 is 17.1 Å². The molecule has 16 nitrogen and oxygen atoms in total. The smallest absolute Gasteiger partial charge is 1.00 e. The van der Waals surface area contributed by atoms with Crippen LogP contribution in [0.5, 0.6) is 0 Å². The molecular formula is C18H32Cl2CuN12O4. The van der Waals surface area contributed by atoms with Crippen molar-refractivity contribution >= 4 is 0 Å².